The van der Waals surface area contributed by atoms with Crippen LogP contribution < -0.4 is 10.0 Å². The number of nitrogens with zero attached hydrogens (tertiary/aromatic N) is 2. The fraction of sp³-hybridized carbons (Fsp3) is 0.250. The monoisotopic (exact) mass is 278 g/mol. The van der Waals surface area contributed by atoms with E-state index in [0.29, 0.717) is 12.1 Å². The summed E-state index contributed by atoms with van der Waals surface area (Å²) >= 11 is 0. The van der Waals surface area contributed by atoms with Crippen LogP contribution in [0.15, 0.2) is 41.6 Å². The van der Waals surface area contributed by atoms with Gasteiger partial charge in [-0.15, -0.1) is 0 Å². The van der Waals surface area contributed by atoms with Gasteiger partial charge in [0, 0.05) is 12.6 Å². The van der Waals surface area contributed by atoms with Crippen molar-refractivity contribution in [3.63, 3.8) is 0 Å². The highest BCUT2D eigenvalue weighted by atomic mass is 32.2. The lowest BCUT2D eigenvalue weighted by Crippen LogP contribution is -2.46. The first kappa shape index (κ1) is 12.2. The maximum atomic E-state index is 12.6. The molecule has 0 saturated heterocycles. The van der Waals surface area contributed by atoms with Crippen LogP contribution in [0.1, 0.15) is 5.56 Å². The minimum Gasteiger partial charge on any atom is -0.326 e. The van der Waals surface area contributed by atoms with Gasteiger partial charge in [0.15, 0.2) is 5.03 Å². The first-order chi connectivity index (χ1) is 9.09. The number of anilines is 1. The molecule has 100 valence electrons. The molecular weight excluding hydrogens is 264 g/mol. The quantitative estimate of drug-likeness (QED) is 0.836. The predicted molar refractivity (Wildman–Crippen MR) is 71.2 cm³/mol. The molecule has 0 fully saturated rings. The van der Waals surface area contributed by atoms with E-state index < -0.39 is 10.0 Å². The Labute approximate surface area is 111 Å². The average molecular weight is 278 g/mol. The minimum atomic E-state index is -3.63. The van der Waals surface area contributed by atoms with Gasteiger partial charge in [0.2, 0.25) is 0 Å². The van der Waals surface area contributed by atoms with Crippen molar-refractivity contribution in [3.05, 3.63) is 42.1 Å². The topological polar surface area (TPSA) is 92.1 Å². The summed E-state index contributed by atoms with van der Waals surface area (Å²) in [5, 5.41) is 6.28. The number of nitrogens with one attached hydrogen (secondary N) is 1. The minimum absolute atomic E-state index is 0.0800. The second-order valence-electron chi connectivity index (χ2n) is 4.55. The molecule has 1 aliphatic rings. The SMILES string of the molecule is NC1Cc2ccccc2N(S(=O)(=O)c2ccn[nH]2)C1. The molecule has 2 heterocycles. The normalized spacial score (nSPS) is 19.2. The van der Waals surface area contributed by atoms with Crippen LogP contribution in [0.2, 0.25) is 0 Å². The molecule has 19 heavy (non-hydrogen) atoms. The average Bonchev–Trinajstić information content (AvgIpc) is 2.92. The first-order valence-electron chi connectivity index (χ1n) is 5.94. The van der Waals surface area contributed by atoms with E-state index in [-0.39, 0.29) is 17.6 Å². The van der Waals surface area contributed by atoms with Crippen LogP contribution in [0, 0.1) is 0 Å². The maximum Gasteiger partial charge on any atom is 0.281 e. The lowest BCUT2D eigenvalue weighted by atomic mass is 10.0. The molecule has 6 nitrogen and oxygen atoms in total. The number of hydrogen-bond donors (Lipinski definition) is 2. The molecule has 1 atom stereocenters. The van der Waals surface area contributed by atoms with Gasteiger partial charge in [0.25, 0.3) is 10.0 Å². The number of H-pyrrole nitrogens is 1. The summed E-state index contributed by atoms with van der Waals surface area (Å²) in [6, 6.07) is 8.66. The zero-order valence-corrected chi connectivity index (χ0v) is 11.0. The number of hydrogen-bond acceptors (Lipinski definition) is 4. The fourth-order valence-corrected chi connectivity index (χ4v) is 3.78. The summed E-state index contributed by atoms with van der Waals surface area (Å²) in [4.78, 5) is 0. The van der Waals surface area contributed by atoms with Crippen molar-refractivity contribution in [2.75, 3.05) is 10.8 Å². The van der Waals surface area contributed by atoms with Crippen molar-refractivity contribution < 1.29 is 8.42 Å². The van der Waals surface area contributed by atoms with E-state index in [9.17, 15) is 8.42 Å². The van der Waals surface area contributed by atoms with Crippen LogP contribution in [-0.2, 0) is 16.4 Å². The predicted octanol–water partition coefficient (Wildman–Crippen LogP) is 0.488. The largest absolute Gasteiger partial charge is 0.326 e. The Morgan fingerprint density at radius 2 is 2.11 bits per heavy atom. The van der Waals surface area contributed by atoms with Crippen molar-refractivity contribution in [1.29, 1.82) is 0 Å². The number of nitrogens with two attached hydrogens (primary N) is 1. The van der Waals surface area contributed by atoms with Crippen LogP contribution in [-0.4, -0.2) is 31.2 Å². The van der Waals surface area contributed by atoms with Crippen LogP contribution in [0.3, 0.4) is 0 Å². The van der Waals surface area contributed by atoms with Gasteiger partial charge < -0.3 is 5.73 Å². The van der Waals surface area contributed by atoms with Crippen molar-refractivity contribution in [1.82, 2.24) is 10.2 Å². The van der Waals surface area contributed by atoms with Crippen molar-refractivity contribution in [2.45, 2.75) is 17.5 Å². The molecule has 3 N–H and O–H groups in total. The van der Waals surface area contributed by atoms with Crippen LogP contribution >= 0.6 is 0 Å². The second-order valence-corrected chi connectivity index (χ2v) is 6.38. The zero-order chi connectivity index (χ0) is 13.5. The Morgan fingerprint density at radius 3 is 2.84 bits per heavy atom. The Morgan fingerprint density at radius 1 is 1.32 bits per heavy atom. The molecule has 3 rings (SSSR count). The molecule has 7 heteroatoms. The molecule has 1 unspecified atom stereocenters. The van der Waals surface area contributed by atoms with Crippen LogP contribution in [0.25, 0.3) is 0 Å². The summed E-state index contributed by atoms with van der Waals surface area (Å²) < 4.78 is 26.5. The molecule has 0 radical (unpaired) electrons. The van der Waals surface area contributed by atoms with Crippen molar-refractivity contribution in [2.24, 2.45) is 5.73 Å². The van der Waals surface area contributed by atoms with E-state index >= 15 is 0 Å². The Bertz CT molecular complexity index is 682. The molecule has 0 spiro atoms. The van der Waals surface area contributed by atoms with Gasteiger partial charge in [-0.05, 0) is 24.1 Å². The molecular formula is C12H14N4O2S. The molecule has 1 aromatic heterocycles. The van der Waals surface area contributed by atoms with E-state index in [0.717, 1.165) is 5.56 Å². The molecule has 0 saturated carbocycles. The lowest BCUT2D eigenvalue weighted by Gasteiger charge is -2.33. The van der Waals surface area contributed by atoms with E-state index in [4.69, 9.17) is 5.73 Å². The number of rotatable bonds is 2. The Balaban J connectivity index is 2.11. The first-order valence-corrected chi connectivity index (χ1v) is 7.38. The molecule has 1 aliphatic heterocycles. The molecule has 0 amide bonds. The molecule has 0 bridgehead atoms. The van der Waals surface area contributed by atoms with Crippen molar-refractivity contribution >= 4 is 15.7 Å². The van der Waals surface area contributed by atoms with Gasteiger partial charge in [-0.25, -0.2) is 0 Å². The van der Waals surface area contributed by atoms with Gasteiger partial charge >= 0.3 is 0 Å². The molecule has 2 aromatic rings. The zero-order valence-electron chi connectivity index (χ0n) is 10.2. The van der Waals surface area contributed by atoms with E-state index in [1.54, 1.807) is 6.07 Å². The van der Waals surface area contributed by atoms with Crippen LogP contribution in [0.4, 0.5) is 5.69 Å². The fourth-order valence-electron chi connectivity index (χ4n) is 2.32. The summed E-state index contributed by atoms with van der Waals surface area (Å²) in [6.07, 6.45) is 2.10. The van der Waals surface area contributed by atoms with Gasteiger partial charge in [0.05, 0.1) is 11.9 Å². The van der Waals surface area contributed by atoms with E-state index in [1.165, 1.54) is 16.6 Å². The summed E-state index contributed by atoms with van der Waals surface area (Å²) in [6.45, 7) is 0.276. The van der Waals surface area contributed by atoms with E-state index in [1.807, 2.05) is 18.2 Å². The van der Waals surface area contributed by atoms with Gasteiger partial charge in [-0.3, -0.25) is 9.40 Å². The number of aromatic nitrogens is 2. The number of aromatic amines is 1. The Kier molecular flexibility index (Phi) is 2.79. The molecule has 0 aliphatic carbocycles. The number of para-hydroxylation sites is 1. The Hall–Kier alpha value is -1.86. The number of benzene rings is 1. The van der Waals surface area contributed by atoms with Gasteiger partial charge in [-0.2, -0.15) is 13.5 Å². The molecule has 1 aromatic carbocycles. The highest BCUT2D eigenvalue weighted by Crippen LogP contribution is 2.30. The second kappa shape index (κ2) is 4.36. The third kappa shape index (κ3) is 2.00. The maximum absolute atomic E-state index is 12.6. The van der Waals surface area contributed by atoms with Crippen molar-refractivity contribution in [3.8, 4) is 0 Å². The summed E-state index contributed by atoms with van der Waals surface area (Å²) in [5.74, 6) is 0. The summed E-state index contributed by atoms with van der Waals surface area (Å²) in [7, 11) is -3.63. The third-order valence-corrected chi connectivity index (χ3v) is 4.90. The lowest BCUT2D eigenvalue weighted by molar-refractivity contribution is 0.571. The van der Waals surface area contributed by atoms with Gasteiger partial charge in [-0.1, -0.05) is 18.2 Å². The highest BCUT2D eigenvalue weighted by Gasteiger charge is 2.32. The third-order valence-electron chi connectivity index (χ3n) is 3.19. The number of fused-ring (bicyclic) bond motifs is 1. The smallest absolute Gasteiger partial charge is 0.281 e. The van der Waals surface area contributed by atoms with Crippen LogP contribution in [0.5, 0.6) is 0 Å². The standard InChI is InChI=1S/C12H14N4O2S/c13-10-7-9-3-1-2-4-11(9)16(8-10)19(17,18)12-5-6-14-15-12/h1-6,10H,7-8,13H2,(H,14,15). The highest BCUT2D eigenvalue weighted by molar-refractivity contribution is 7.92. The van der Waals surface area contributed by atoms with E-state index in [2.05, 4.69) is 10.2 Å². The number of sulfonamides is 1. The summed E-state index contributed by atoms with van der Waals surface area (Å²) in [5.41, 5.74) is 7.60. The van der Waals surface area contributed by atoms with Gasteiger partial charge in [0.1, 0.15) is 0 Å².